The van der Waals surface area contributed by atoms with Gasteiger partial charge in [0.2, 0.25) is 8.32 Å². The highest BCUT2D eigenvalue weighted by Gasteiger charge is 2.24. The van der Waals surface area contributed by atoms with Crippen LogP contribution in [-0.2, 0) is 22.8 Å². The van der Waals surface area contributed by atoms with Gasteiger partial charge >= 0.3 is 7.60 Å². The van der Waals surface area contributed by atoms with Crippen molar-refractivity contribution in [3.8, 4) is 0 Å². The molecule has 0 aromatic rings. The molecule has 0 rings (SSSR count). The molecule has 0 aliphatic heterocycles. The summed E-state index contributed by atoms with van der Waals surface area (Å²) in [7, 11) is -4.85. The van der Waals surface area contributed by atoms with E-state index in [1.165, 1.54) is 0 Å². The summed E-state index contributed by atoms with van der Waals surface area (Å²) in [5.74, 6) is -0.228. The van der Waals surface area contributed by atoms with Crippen molar-refractivity contribution in [3.05, 3.63) is 0 Å². The van der Waals surface area contributed by atoms with Crippen LogP contribution in [0.4, 0.5) is 0 Å². The summed E-state index contributed by atoms with van der Waals surface area (Å²) in [6, 6.07) is 0. The van der Waals surface area contributed by atoms with Crippen LogP contribution in [0.25, 0.3) is 0 Å². The Bertz CT molecular complexity index is 290. The molecule has 0 heterocycles. The fourth-order valence-electron chi connectivity index (χ4n) is 1.37. The zero-order valence-corrected chi connectivity index (χ0v) is 13.9. The van der Waals surface area contributed by atoms with Crippen molar-refractivity contribution in [2.45, 2.75) is 46.3 Å². The van der Waals surface area contributed by atoms with Gasteiger partial charge in [-0.2, -0.15) is 0 Å². The van der Waals surface area contributed by atoms with Gasteiger partial charge < -0.3 is 13.5 Å². The van der Waals surface area contributed by atoms with E-state index in [2.05, 4.69) is 0 Å². The first-order valence-electron chi connectivity index (χ1n) is 6.32. The molecule has 0 bridgehead atoms. The first-order chi connectivity index (χ1) is 8.22. The van der Waals surface area contributed by atoms with Gasteiger partial charge in [-0.25, -0.2) is 0 Å². The summed E-state index contributed by atoms with van der Waals surface area (Å²) >= 11 is 0. The summed E-state index contributed by atoms with van der Waals surface area (Å²) < 4.78 is 27.7. The van der Waals surface area contributed by atoms with Crippen molar-refractivity contribution >= 4 is 21.9 Å². The summed E-state index contributed by atoms with van der Waals surface area (Å²) in [5, 5.41) is 0. The molecule has 0 atom stereocenters. The molecule has 0 amide bonds. The smallest absolute Gasteiger partial charge is 0.330 e. The Morgan fingerprint density at radius 2 is 1.61 bits per heavy atom. The first-order valence-corrected chi connectivity index (χ1v) is 11.5. The lowest BCUT2D eigenvalue weighted by Gasteiger charge is -2.19. The van der Waals surface area contributed by atoms with Gasteiger partial charge in [0.1, 0.15) is 0 Å². The normalized spacial score (nSPS) is 12.5. The molecule has 0 radical (unpaired) electrons. The van der Waals surface area contributed by atoms with Crippen LogP contribution in [0.2, 0.25) is 19.6 Å². The topological polar surface area (TPSA) is 61.8 Å². The van der Waals surface area contributed by atoms with Gasteiger partial charge in [0.25, 0.3) is 5.97 Å². The Kier molecular flexibility index (Phi) is 8.02. The van der Waals surface area contributed by atoms with E-state index in [0.29, 0.717) is 19.6 Å². The Hall–Kier alpha value is -0.163. The molecule has 0 aliphatic rings. The molecule has 0 spiro atoms. The van der Waals surface area contributed by atoms with E-state index in [1.54, 1.807) is 13.8 Å². The van der Waals surface area contributed by atoms with E-state index in [9.17, 15) is 9.36 Å². The molecule has 0 saturated carbocycles. The van der Waals surface area contributed by atoms with Crippen molar-refractivity contribution in [2.75, 3.05) is 19.4 Å². The highest BCUT2D eigenvalue weighted by molar-refractivity contribution is 7.53. The minimum absolute atomic E-state index is 0.228. The third-order valence-electron chi connectivity index (χ3n) is 1.88. The van der Waals surface area contributed by atoms with Gasteiger partial charge in [0.15, 0.2) is 0 Å². The van der Waals surface area contributed by atoms with E-state index in [0.717, 1.165) is 0 Å². The lowest BCUT2D eigenvalue weighted by molar-refractivity contribution is -0.135. The summed E-state index contributed by atoms with van der Waals surface area (Å²) in [4.78, 5) is 11.5. The lowest BCUT2D eigenvalue weighted by atomic mass is 10.3. The average molecular weight is 296 g/mol. The Labute approximate surface area is 111 Å². The second-order valence-corrected chi connectivity index (χ2v) is 11.5. The van der Waals surface area contributed by atoms with E-state index < -0.39 is 15.9 Å². The fourth-order valence-corrected chi connectivity index (χ4v) is 3.82. The molecule has 0 saturated heterocycles. The SMILES string of the molecule is CCOP(=O)(CCCC(=O)O[Si](C)(C)C)OCC. The zero-order valence-electron chi connectivity index (χ0n) is 12.0. The average Bonchev–Trinajstić information content (AvgIpc) is 2.14. The number of carbonyl (C=O) groups excluding carboxylic acids is 1. The molecule has 0 fully saturated rings. The van der Waals surface area contributed by atoms with Crippen LogP contribution in [0, 0.1) is 0 Å². The van der Waals surface area contributed by atoms with Crippen LogP contribution in [-0.4, -0.2) is 33.7 Å². The minimum atomic E-state index is -3.02. The molecule has 18 heavy (non-hydrogen) atoms. The van der Waals surface area contributed by atoms with Gasteiger partial charge in [0, 0.05) is 6.42 Å². The van der Waals surface area contributed by atoms with Crippen molar-refractivity contribution in [1.82, 2.24) is 0 Å². The van der Waals surface area contributed by atoms with E-state index in [4.69, 9.17) is 13.5 Å². The van der Waals surface area contributed by atoms with Crippen LogP contribution in [0.3, 0.4) is 0 Å². The number of hydrogen-bond acceptors (Lipinski definition) is 5. The summed E-state index contributed by atoms with van der Waals surface area (Å²) in [6.07, 6.45) is 0.977. The maximum Gasteiger partial charge on any atom is 0.330 e. The summed E-state index contributed by atoms with van der Waals surface area (Å²) in [6.45, 7) is 10.1. The van der Waals surface area contributed by atoms with Gasteiger partial charge in [0.05, 0.1) is 19.4 Å². The molecule has 5 nitrogen and oxygen atoms in total. The lowest BCUT2D eigenvalue weighted by Crippen LogP contribution is -2.29. The maximum absolute atomic E-state index is 12.1. The fraction of sp³-hybridized carbons (Fsp3) is 0.909. The number of hydrogen-bond donors (Lipinski definition) is 0. The maximum atomic E-state index is 12.1. The number of carbonyl (C=O) groups is 1. The van der Waals surface area contributed by atoms with Crippen LogP contribution < -0.4 is 0 Å². The molecule has 108 valence electrons. The van der Waals surface area contributed by atoms with E-state index in [1.807, 2.05) is 19.6 Å². The molecule has 7 heteroatoms. The number of rotatable bonds is 9. The molecular formula is C11H25O5PSi. The minimum Gasteiger partial charge on any atom is -0.520 e. The molecule has 0 aromatic carbocycles. The first kappa shape index (κ1) is 17.8. The van der Waals surface area contributed by atoms with Gasteiger partial charge in [-0.3, -0.25) is 9.36 Å². The quantitative estimate of drug-likeness (QED) is 0.482. The van der Waals surface area contributed by atoms with Crippen molar-refractivity contribution in [3.63, 3.8) is 0 Å². The molecule has 0 aliphatic carbocycles. The van der Waals surface area contributed by atoms with Crippen LogP contribution in [0.5, 0.6) is 0 Å². The monoisotopic (exact) mass is 296 g/mol. The van der Waals surface area contributed by atoms with Crippen LogP contribution >= 0.6 is 7.60 Å². The predicted octanol–water partition coefficient (Wildman–Crippen LogP) is 3.41. The second kappa shape index (κ2) is 8.10. The van der Waals surface area contributed by atoms with Gasteiger partial charge in [-0.1, -0.05) is 0 Å². The molecule has 0 N–H and O–H groups in total. The third-order valence-corrected chi connectivity index (χ3v) is 4.89. The van der Waals surface area contributed by atoms with Crippen molar-refractivity contribution < 1.29 is 22.8 Å². The van der Waals surface area contributed by atoms with Crippen LogP contribution in [0.1, 0.15) is 26.7 Å². The van der Waals surface area contributed by atoms with Gasteiger partial charge in [-0.15, -0.1) is 0 Å². The van der Waals surface area contributed by atoms with Crippen molar-refractivity contribution in [1.29, 1.82) is 0 Å². The largest absolute Gasteiger partial charge is 0.520 e. The highest BCUT2D eigenvalue weighted by Crippen LogP contribution is 2.48. The Morgan fingerprint density at radius 1 is 1.11 bits per heavy atom. The van der Waals surface area contributed by atoms with Crippen molar-refractivity contribution in [2.24, 2.45) is 0 Å². The zero-order chi connectivity index (χ0) is 14.2. The summed E-state index contributed by atoms with van der Waals surface area (Å²) in [5.41, 5.74) is 0. The van der Waals surface area contributed by atoms with E-state index in [-0.39, 0.29) is 18.6 Å². The predicted molar refractivity (Wildman–Crippen MR) is 74.4 cm³/mol. The van der Waals surface area contributed by atoms with E-state index >= 15 is 0 Å². The highest BCUT2D eigenvalue weighted by atomic mass is 31.2. The molecular weight excluding hydrogens is 271 g/mol. The standard InChI is InChI=1S/C11H25O5PSi/c1-6-14-17(13,15-7-2)10-8-9-11(12)16-18(3,4)5/h6-10H2,1-5H3. The third kappa shape index (κ3) is 8.86. The van der Waals surface area contributed by atoms with Crippen LogP contribution in [0.15, 0.2) is 0 Å². The second-order valence-electron chi connectivity index (χ2n) is 4.86. The van der Waals surface area contributed by atoms with Gasteiger partial charge in [-0.05, 0) is 39.9 Å². The Morgan fingerprint density at radius 3 is 2.00 bits per heavy atom. The molecule has 0 aromatic heterocycles. The molecule has 0 unspecified atom stereocenters. The Balaban J connectivity index is 4.07.